The second-order valence-corrected chi connectivity index (χ2v) is 13.2. The maximum atomic E-state index is 11.4. The summed E-state index contributed by atoms with van der Waals surface area (Å²) < 4.78 is 12.7. The zero-order valence-corrected chi connectivity index (χ0v) is 17.4. The molecule has 2 heterocycles. The minimum absolute atomic E-state index is 0.0207. The maximum absolute atomic E-state index is 11.4. The van der Waals surface area contributed by atoms with Crippen LogP contribution in [0.4, 0.5) is 10.5 Å². The molecule has 0 aromatic carbocycles. The van der Waals surface area contributed by atoms with E-state index in [1.54, 1.807) is 12.4 Å². The van der Waals surface area contributed by atoms with E-state index < -0.39 is 14.4 Å². The third kappa shape index (κ3) is 4.55. The van der Waals surface area contributed by atoms with E-state index in [0.29, 0.717) is 12.1 Å². The molecule has 8 heteroatoms. The average Bonchev–Trinajstić information content (AvgIpc) is 2.49. The fourth-order valence-corrected chi connectivity index (χ4v) is 4.38. The van der Waals surface area contributed by atoms with Crippen LogP contribution in [0.25, 0.3) is 0 Å². The molecule has 0 saturated carbocycles. The number of nitrogen functional groups attached to an aromatic ring is 1. The normalized spacial score (nSPS) is 27.2. The lowest BCUT2D eigenvalue weighted by molar-refractivity contribution is -0.118. The first-order valence-electron chi connectivity index (χ1n) is 8.94. The van der Waals surface area contributed by atoms with E-state index in [-0.39, 0.29) is 29.4 Å². The highest BCUT2D eigenvalue weighted by molar-refractivity contribution is 6.74. The largest absolute Gasteiger partial charge is 0.465 e. The van der Waals surface area contributed by atoms with Gasteiger partial charge < -0.3 is 25.3 Å². The highest BCUT2D eigenvalue weighted by atomic mass is 28.4. The van der Waals surface area contributed by atoms with Crippen molar-refractivity contribution < 1.29 is 19.1 Å². The summed E-state index contributed by atoms with van der Waals surface area (Å²) in [5.74, 6) is 0. The molecule has 0 radical (unpaired) electrons. The number of carboxylic acid groups (broad SMARTS) is 1. The van der Waals surface area contributed by atoms with E-state index in [9.17, 15) is 9.90 Å². The summed E-state index contributed by atoms with van der Waals surface area (Å²) in [6.07, 6.45) is 1.74. The van der Waals surface area contributed by atoms with Crippen molar-refractivity contribution in [3.8, 4) is 0 Å². The van der Waals surface area contributed by atoms with Crippen molar-refractivity contribution in [1.82, 2.24) is 10.3 Å². The number of aromatic nitrogens is 1. The van der Waals surface area contributed by atoms with Crippen molar-refractivity contribution in [3.05, 3.63) is 24.0 Å². The second-order valence-electron chi connectivity index (χ2n) is 8.47. The Bertz CT molecular complexity index is 648. The van der Waals surface area contributed by atoms with Crippen LogP contribution in [0.1, 0.15) is 45.8 Å². The molecule has 4 atom stereocenters. The first-order valence-corrected chi connectivity index (χ1v) is 11.9. The molecule has 7 nitrogen and oxygen atoms in total. The molecule has 1 amide bonds. The van der Waals surface area contributed by atoms with Gasteiger partial charge in [0.25, 0.3) is 0 Å². The van der Waals surface area contributed by atoms with Crippen LogP contribution in [0.3, 0.4) is 0 Å². The molecule has 2 rings (SSSR count). The van der Waals surface area contributed by atoms with Gasteiger partial charge in [-0.05, 0) is 31.1 Å². The highest BCUT2D eigenvalue weighted by Crippen LogP contribution is 2.41. The summed E-state index contributed by atoms with van der Waals surface area (Å²) in [6.45, 7) is 12.7. The predicted molar refractivity (Wildman–Crippen MR) is 104 cm³/mol. The number of hydrogen-bond donors (Lipinski definition) is 3. The highest BCUT2D eigenvalue weighted by Gasteiger charge is 2.46. The van der Waals surface area contributed by atoms with Gasteiger partial charge in [0.2, 0.25) is 0 Å². The van der Waals surface area contributed by atoms with E-state index in [1.807, 2.05) is 13.0 Å². The van der Waals surface area contributed by atoms with Crippen LogP contribution in [0.15, 0.2) is 18.5 Å². The molecule has 4 N–H and O–H groups in total. The SMILES string of the molecule is C[C@@H]1O[C@H](c2ccncc2N)C[C@H](NC(=O)O)[C@H]1O[Si](C)(C)C(C)(C)C. The van der Waals surface area contributed by atoms with Crippen LogP contribution in [-0.2, 0) is 9.16 Å². The number of nitrogens with two attached hydrogens (primary N) is 1. The van der Waals surface area contributed by atoms with Gasteiger partial charge in [0.05, 0.1) is 36.2 Å². The number of amides is 1. The predicted octanol–water partition coefficient (Wildman–Crippen LogP) is 3.54. The Balaban J connectivity index is 2.27. The van der Waals surface area contributed by atoms with E-state index >= 15 is 0 Å². The molecule has 1 saturated heterocycles. The monoisotopic (exact) mass is 381 g/mol. The number of rotatable bonds is 4. The molecule has 0 aliphatic carbocycles. The smallest absolute Gasteiger partial charge is 0.404 e. The van der Waals surface area contributed by atoms with Gasteiger partial charge in [0.15, 0.2) is 8.32 Å². The lowest BCUT2D eigenvalue weighted by Gasteiger charge is -2.46. The topological polar surface area (TPSA) is 107 Å². The van der Waals surface area contributed by atoms with Crippen molar-refractivity contribution in [2.24, 2.45) is 0 Å². The minimum Gasteiger partial charge on any atom is -0.465 e. The Morgan fingerprint density at radius 1 is 1.46 bits per heavy atom. The molecule has 1 aliphatic rings. The number of nitrogens with one attached hydrogen (secondary N) is 1. The van der Waals surface area contributed by atoms with Crippen LogP contribution in [0.5, 0.6) is 0 Å². The summed E-state index contributed by atoms with van der Waals surface area (Å²) in [7, 11) is -2.09. The fraction of sp³-hybridized carbons (Fsp3) is 0.667. The quantitative estimate of drug-likeness (QED) is 0.689. The van der Waals surface area contributed by atoms with Crippen molar-refractivity contribution in [3.63, 3.8) is 0 Å². The molecular weight excluding hydrogens is 350 g/mol. The van der Waals surface area contributed by atoms with Gasteiger partial charge in [-0.15, -0.1) is 0 Å². The van der Waals surface area contributed by atoms with Gasteiger partial charge in [0.1, 0.15) is 0 Å². The lowest BCUT2D eigenvalue weighted by Crippen LogP contribution is -2.58. The van der Waals surface area contributed by atoms with Crippen molar-refractivity contribution in [2.75, 3.05) is 5.73 Å². The van der Waals surface area contributed by atoms with Gasteiger partial charge in [-0.1, -0.05) is 20.8 Å². The maximum Gasteiger partial charge on any atom is 0.404 e. The molecule has 0 unspecified atom stereocenters. The van der Waals surface area contributed by atoms with E-state index in [0.717, 1.165) is 5.56 Å². The summed E-state index contributed by atoms with van der Waals surface area (Å²) in [4.78, 5) is 15.4. The Kier molecular flexibility index (Phi) is 5.99. The standard InChI is InChI=1S/C18H31N3O4Si/c1-11-16(25-26(5,6)18(2,3)4)14(21-17(22)23)9-15(24-11)12-7-8-20-10-13(12)19/h7-8,10-11,14-16,21H,9,19H2,1-6H3,(H,22,23)/t11-,14-,15-,16-/m0/s1. The van der Waals surface area contributed by atoms with Gasteiger partial charge in [-0.3, -0.25) is 4.98 Å². The molecule has 1 aromatic heterocycles. The number of ether oxygens (including phenoxy) is 1. The molecule has 0 bridgehead atoms. The molecule has 0 spiro atoms. The van der Waals surface area contributed by atoms with Gasteiger partial charge in [-0.2, -0.15) is 0 Å². The fourth-order valence-electron chi connectivity index (χ4n) is 2.99. The summed E-state index contributed by atoms with van der Waals surface area (Å²) in [5.41, 5.74) is 7.41. The number of carbonyl (C=O) groups is 1. The van der Waals surface area contributed by atoms with Gasteiger partial charge in [-0.25, -0.2) is 4.79 Å². The molecule has 1 fully saturated rings. The van der Waals surface area contributed by atoms with Crippen molar-refractivity contribution in [2.45, 2.75) is 76.6 Å². The Morgan fingerprint density at radius 3 is 2.65 bits per heavy atom. The van der Waals surface area contributed by atoms with Gasteiger partial charge >= 0.3 is 6.09 Å². The first-order chi connectivity index (χ1) is 11.9. The van der Waals surface area contributed by atoms with Crippen LogP contribution >= 0.6 is 0 Å². The molecule has 1 aromatic rings. The number of anilines is 1. The van der Waals surface area contributed by atoms with Gasteiger partial charge in [0, 0.05) is 18.2 Å². The molecular formula is C18H31N3O4Si. The minimum atomic E-state index is -2.09. The summed E-state index contributed by atoms with van der Waals surface area (Å²) in [5, 5.41) is 12.0. The average molecular weight is 382 g/mol. The Hall–Kier alpha value is -1.64. The third-order valence-corrected chi connectivity index (χ3v) is 9.96. The molecule has 146 valence electrons. The third-order valence-electron chi connectivity index (χ3n) is 5.49. The van der Waals surface area contributed by atoms with E-state index in [2.05, 4.69) is 44.2 Å². The summed E-state index contributed by atoms with van der Waals surface area (Å²) in [6, 6.07) is 1.45. The number of hydrogen-bond acceptors (Lipinski definition) is 5. The number of pyridine rings is 1. The van der Waals surface area contributed by atoms with E-state index in [4.69, 9.17) is 14.9 Å². The first kappa shape index (κ1) is 20.7. The number of nitrogens with zero attached hydrogens (tertiary/aromatic N) is 1. The van der Waals surface area contributed by atoms with Crippen LogP contribution < -0.4 is 11.1 Å². The summed E-state index contributed by atoms with van der Waals surface area (Å²) >= 11 is 0. The van der Waals surface area contributed by atoms with E-state index in [1.165, 1.54) is 0 Å². The van der Waals surface area contributed by atoms with Crippen LogP contribution in [0.2, 0.25) is 18.1 Å². The second kappa shape index (κ2) is 7.54. The van der Waals surface area contributed by atoms with Crippen LogP contribution in [0, 0.1) is 0 Å². The zero-order chi connectivity index (χ0) is 19.7. The molecule has 1 aliphatic heterocycles. The van der Waals surface area contributed by atoms with Crippen molar-refractivity contribution >= 4 is 20.1 Å². The Morgan fingerprint density at radius 2 is 2.12 bits per heavy atom. The Labute approximate surface area is 156 Å². The van der Waals surface area contributed by atoms with Crippen molar-refractivity contribution in [1.29, 1.82) is 0 Å². The lowest BCUT2D eigenvalue weighted by atomic mass is 9.92. The molecule has 26 heavy (non-hydrogen) atoms. The zero-order valence-electron chi connectivity index (χ0n) is 16.4. The van der Waals surface area contributed by atoms with Crippen LogP contribution in [-0.4, -0.2) is 42.8 Å².